The molecule has 1 aromatic heterocycles. The van der Waals surface area contributed by atoms with Crippen molar-refractivity contribution in [1.82, 2.24) is 4.57 Å². The summed E-state index contributed by atoms with van der Waals surface area (Å²) < 4.78 is 5.89. The normalized spacial score (nSPS) is 10.5. The first kappa shape index (κ1) is 18.7. The zero-order valence-electron chi connectivity index (χ0n) is 13.9. The van der Waals surface area contributed by atoms with Gasteiger partial charge in [-0.3, -0.25) is 24.3 Å². The lowest BCUT2D eigenvalue weighted by molar-refractivity contribution is -0.389. The van der Waals surface area contributed by atoms with Crippen molar-refractivity contribution >= 4 is 23.4 Å². The van der Waals surface area contributed by atoms with Gasteiger partial charge in [-0.05, 0) is 25.5 Å². The molecule has 0 amide bonds. The molecule has 0 saturated carbocycles. The minimum absolute atomic E-state index is 0.180. The Kier molecular flexibility index (Phi) is 6.35. The summed E-state index contributed by atoms with van der Waals surface area (Å²) >= 11 is 1.22. The maximum Gasteiger partial charge on any atom is 0.347 e. The van der Waals surface area contributed by atoms with Crippen molar-refractivity contribution < 1.29 is 14.5 Å². The van der Waals surface area contributed by atoms with E-state index in [-0.39, 0.29) is 18.0 Å². The quantitative estimate of drug-likeness (QED) is 0.325. The maximum absolute atomic E-state index is 12.5. The molecule has 0 atom stereocenters. The Balaban J connectivity index is 2.36. The molecule has 0 radical (unpaired) electrons. The largest absolute Gasteiger partial charge is 0.465 e. The summed E-state index contributed by atoms with van der Waals surface area (Å²) in [6, 6.07) is 11.0. The van der Waals surface area contributed by atoms with Crippen LogP contribution in [0.25, 0.3) is 0 Å². The Morgan fingerprint density at radius 3 is 2.60 bits per heavy atom. The Labute approximate surface area is 148 Å². The van der Waals surface area contributed by atoms with E-state index in [9.17, 15) is 19.7 Å². The lowest BCUT2D eigenvalue weighted by Crippen LogP contribution is -2.29. The summed E-state index contributed by atoms with van der Waals surface area (Å²) in [5, 5.41) is 11.4. The number of rotatable bonds is 7. The molecule has 0 aliphatic carbocycles. The fourth-order valence-corrected chi connectivity index (χ4v) is 3.34. The van der Waals surface area contributed by atoms with E-state index in [1.807, 2.05) is 30.3 Å². The molecule has 1 heterocycles. The Morgan fingerprint density at radius 1 is 1.32 bits per heavy atom. The maximum atomic E-state index is 12.5. The van der Waals surface area contributed by atoms with Gasteiger partial charge in [0.25, 0.3) is 0 Å². The van der Waals surface area contributed by atoms with Crippen LogP contribution in [0, 0.1) is 17.0 Å². The van der Waals surface area contributed by atoms with Gasteiger partial charge in [0.05, 0.1) is 16.4 Å². The van der Waals surface area contributed by atoms with E-state index < -0.39 is 22.1 Å². The molecule has 0 aliphatic rings. The Hall–Kier alpha value is -2.61. The van der Waals surface area contributed by atoms with Crippen LogP contribution in [0.1, 0.15) is 18.2 Å². The number of aromatic nitrogens is 1. The Morgan fingerprint density at radius 2 is 2.00 bits per heavy atom. The number of hydrogen-bond acceptors (Lipinski definition) is 6. The van der Waals surface area contributed by atoms with Crippen LogP contribution < -0.4 is 5.56 Å². The van der Waals surface area contributed by atoms with Crippen molar-refractivity contribution in [2.75, 3.05) is 6.61 Å². The van der Waals surface area contributed by atoms with E-state index in [2.05, 4.69) is 0 Å². The molecule has 0 spiro atoms. The van der Waals surface area contributed by atoms with Crippen molar-refractivity contribution in [2.45, 2.75) is 31.0 Å². The molecule has 0 bridgehead atoms. The third kappa shape index (κ3) is 4.69. The summed E-state index contributed by atoms with van der Waals surface area (Å²) in [5.74, 6) is -0.102. The van der Waals surface area contributed by atoms with Gasteiger partial charge in [0, 0.05) is 11.4 Å². The smallest absolute Gasteiger partial charge is 0.347 e. The number of nitrogens with zero attached hydrogens (tertiary/aromatic N) is 2. The number of ether oxygens (including phenoxy) is 1. The van der Waals surface area contributed by atoms with E-state index in [1.165, 1.54) is 11.8 Å². The van der Waals surface area contributed by atoms with E-state index >= 15 is 0 Å². The summed E-state index contributed by atoms with van der Waals surface area (Å²) in [5.41, 5.74) is 0.152. The van der Waals surface area contributed by atoms with Crippen molar-refractivity contribution in [3.8, 4) is 0 Å². The van der Waals surface area contributed by atoms with E-state index in [0.717, 1.165) is 10.1 Å². The predicted molar refractivity (Wildman–Crippen MR) is 94.7 cm³/mol. The molecule has 8 heteroatoms. The number of carbonyl (C=O) groups is 1. The van der Waals surface area contributed by atoms with Crippen molar-refractivity contribution in [2.24, 2.45) is 0 Å². The van der Waals surface area contributed by atoms with Gasteiger partial charge in [-0.25, -0.2) is 0 Å². The third-order valence-electron chi connectivity index (χ3n) is 3.46. The van der Waals surface area contributed by atoms with Crippen LogP contribution in [0.15, 0.2) is 46.1 Å². The van der Waals surface area contributed by atoms with Crippen LogP contribution in [-0.2, 0) is 21.8 Å². The monoisotopic (exact) mass is 362 g/mol. The third-order valence-corrected chi connectivity index (χ3v) is 4.56. The fraction of sp³-hybridized carbons (Fsp3) is 0.294. The fourth-order valence-electron chi connectivity index (χ4n) is 2.28. The molecule has 0 saturated heterocycles. The number of thioether (sulfide) groups is 1. The molecule has 0 unspecified atom stereocenters. The topological polar surface area (TPSA) is 91.4 Å². The molecule has 0 fully saturated rings. The van der Waals surface area contributed by atoms with E-state index in [4.69, 9.17) is 4.74 Å². The second kappa shape index (κ2) is 8.48. The number of nitro groups is 1. The first-order valence-electron chi connectivity index (χ1n) is 7.65. The van der Waals surface area contributed by atoms with Crippen LogP contribution in [0.2, 0.25) is 0 Å². The molecule has 0 aliphatic heterocycles. The minimum Gasteiger partial charge on any atom is -0.465 e. The number of benzene rings is 1. The van der Waals surface area contributed by atoms with Crippen LogP contribution >= 0.6 is 11.8 Å². The molecule has 2 aromatic rings. The summed E-state index contributed by atoms with van der Waals surface area (Å²) in [7, 11) is 0. The highest BCUT2D eigenvalue weighted by Crippen LogP contribution is 2.29. The van der Waals surface area contributed by atoms with Crippen molar-refractivity contribution in [3.63, 3.8) is 0 Å². The first-order valence-corrected chi connectivity index (χ1v) is 8.63. The highest BCUT2D eigenvalue weighted by atomic mass is 32.2. The van der Waals surface area contributed by atoms with Crippen LogP contribution in [0.5, 0.6) is 0 Å². The zero-order chi connectivity index (χ0) is 18.4. The van der Waals surface area contributed by atoms with Gasteiger partial charge in [-0.2, -0.15) is 0 Å². The van der Waals surface area contributed by atoms with Crippen molar-refractivity contribution in [3.05, 3.63) is 68.1 Å². The Bertz CT molecular complexity index is 833. The first-order chi connectivity index (χ1) is 11.9. The van der Waals surface area contributed by atoms with Gasteiger partial charge in [0.1, 0.15) is 6.54 Å². The molecule has 132 valence electrons. The number of carbonyl (C=O) groups excluding carboxylic acids is 1. The second-order valence-corrected chi connectivity index (χ2v) is 6.24. The number of pyridine rings is 1. The van der Waals surface area contributed by atoms with Gasteiger partial charge < -0.3 is 4.74 Å². The average molecular weight is 362 g/mol. The second-order valence-electron chi connectivity index (χ2n) is 5.23. The predicted octanol–water partition coefficient (Wildman–Crippen LogP) is 2.92. The number of hydrogen-bond donors (Lipinski definition) is 0. The van der Waals surface area contributed by atoms with E-state index in [1.54, 1.807) is 19.9 Å². The molecule has 1 aromatic carbocycles. The highest BCUT2D eigenvalue weighted by molar-refractivity contribution is 7.98. The van der Waals surface area contributed by atoms with E-state index in [0.29, 0.717) is 11.4 Å². The van der Waals surface area contributed by atoms with Gasteiger partial charge in [0.2, 0.25) is 0 Å². The summed E-state index contributed by atoms with van der Waals surface area (Å²) in [6.45, 7) is 3.12. The van der Waals surface area contributed by atoms with Crippen molar-refractivity contribution in [1.29, 1.82) is 0 Å². The average Bonchev–Trinajstić information content (AvgIpc) is 2.57. The van der Waals surface area contributed by atoms with Crippen LogP contribution in [0.4, 0.5) is 5.69 Å². The van der Waals surface area contributed by atoms with Gasteiger partial charge >= 0.3 is 17.2 Å². The molecular weight excluding hydrogens is 344 g/mol. The number of aryl methyl sites for hydroxylation is 1. The van der Waals surface area contributed by atoms with Gasteiger partial charge in [0.15, 0.2) is 0 Å². The molecule has 2 rings (SSSR count). The summed E-state index contributed by atoms with van der Waals surface area (Å²) in [4.78, 5) is 35.1. The molecular formula is C17H18N2O5S. The molecule has 0 N–H and O–H groups in total. The molecule has 25 heavy (non-hydrogen) atoms. The van der Waals surface area contributed by atoms with Crippen LogP contribution in [-0.4, -0.2) is 22.1 Å². The lowest BCUT2D eigenvalue weighted by atomic mass is 10.2. The molecule has 7 nitrogen and oxygen atoms in total. The minimum atomic E-state index is -0.798. The SMILES string of the molecule is CCOC(=O)Cn1c(C)cc(SCc2ccccc2)c([N+](=O)[O-])c1=O. The number of esters is 1. The highest BCUT2D eigenvalue weighted by Gasteiger charge is 2.24. The standard InChI is InChI=1S/C17H18N2O5S/c1-3-24-15(20)10-18-12(2)9-14(16(17(18)21)19(22)23)25-11-13-7-5-4-6-8-13/h4-9H,3,10-11H2,1-2H3. The summed E-state index contributed by atoms with van der Waals surface area (Å²) in [6.07, 6.45) is 0. The van der Waals surface area contributed by atoms with Gasteiger partial charge in [-0.1, -0.05) is 30.3 Å². The van der Waals surface area contributed by atoms with Crippen LogP contribution in [0.3, 0.4) is 0 Å². The van der Waals surface area contributed by atoms with Gasteiger partial charge in [-0.15, -0.1) is 11.8 Å². The zero-order valence-corrected chi connectivity index (χ0v) is 14.7. The lowest BCUT2D eigenvalue weighted by Gasteiger charge is -2.11.